The summed E-state index contributed by atoms with van der Waals surface area (Å²) in [5.74, 6) is -0.703. The molecular formula is C12H14I2O4. The van der Waals surface area contributed by atoms with Gasteiger partial charge in [-0.3, -0.25) is 9.59 Å². The minimum atomic E-state index is -0.324. The van der Waals surface area contributed by atoms with E-state index >= 15 is 0 Å². The minimum Gasteiger partial charge on any atom is -0.489 e. The van der Waals surface area contributed by atoms with Crippen molar-refractivity contribution in [1.29, 1.82) is 0 Å². The van der Waals surface area contributed by atoms with Crippen LogP contribution in [0.1, 0.15) is 13.8 Å². The highest BCUT2D eigenvalue weighted by Gasteiger charge is 2.33. The largest absolute Gasteiger partial charge is 0.489 e. The van der Waals surface area contributed by atoms with Gasteiger partial charge in [0, 0.05) is 48.4 Å². The van der Waals surface area contributed by atoms with Crippen LogP contribution in [0.4, 0.5) is 0 Å². The molecule has 0 aromatic heterocycles. The van der Waals surface area contributed by atoms with Crippen molar-refractivity contribution in [2.75, 3.05) is 14.2 Å². The molecule has 0 saturated carbocycles. The van der Waals surface area contributed by atoms with E-state index in [0.717, 1.165) is 0 Å². The van der Waals surface area contributed by atoms with Gasteiger partial charge in [0.2, 0.25) is 23.1 Å². The molecule has 1 aliphatic rings. The first-order valence-electron chi connectivity index (χ1n) is 4.98. The lowest BCUT2D eigenvalue weighted by Crippen LogP contribution is -2.24. The van der Waals surface area contributed by atoms with E-state index in [1.807, 2.05) is 0 Å². The molecule has 1 rings (SSSR count). The lowest BCUT2D eigenvalue weighted by Gasteiger charge is -2.18. The van der Waals surface area contributed by atoms with Crippen LogP contribution in [0, 0.1) is 0 Å². The highest BCUT2D eigenvalue weighted by Crippen LogP contribution is 2.26. The number of carbonyl (C=O) groups excluding carboxylic acids is 2. The maximum Gasteiger partial charge on any atom is 0.232 e. The summed E-state index contributed by atoms with van der Waals surface area (Å²) in [6.45, 7) is 3.38. The van der Waals surface area contributed by atoms with Crippen LogP contribution in [0.15, 0.2) is 34.8 Å². The molecule has 6 heteroatoms. The van der Waals surface area contributed by atoms with Crippen molar-refractivity contribution in [3.05, 3.63) is 34.8 Å². The first-order chi connectivity index (χ1) is 8.58. The van der Waals surface area contributed by atoms with Crippen LogP contribution in [-0.2, 0) is 19.1 Å². The molecule has 0 radical (unpaired) electrons. The van der Waals surface area contributed by atoms with Crippen molar-refractivity contribution >= 4 is 48.8 Å². The van der Waals surface area contributed by atoms with Gasteiger partial charge in [0.1, 0.15) is 0 Å². The molecule has 4 nitrogen and oxygen atoms in total. The smallest absolute Gasteiger partial charge is 0.232 e. The summed E-state index contributed by atoms with van der Waals surface area (Å²) in [6, 6.07) is 0. The monoisotopic (exact) mass is 476 g/mol. The summed E-state index contributed by atoms with van der Waals surface area (Å²) >= 11 is 4.24. The van der Waals surface area contributed by atoms with Gasteiger partial charge in [0.05, 0.1) is 14.2 Å². The van der Waals surface area contributed by atoms with Gasteiger partial charge in [0.15, 0.2) is 0 Å². The fourth-order valence-electron chi connectivity index (χ4n) is 1.53. The Balaban J connectivity index is 0.00000137. The molecule has 0 bridgehead atoms. The van der Waals surface area contributed by atoms with E-state index in [1.165, 1.54) is 14.2 Å². The third kappa shape index (κ3) is 3.56. The number of carbonyl (C=O) groups is 2. The summed E-state index contributed by atoms with van der Waals surface area (Å²) in [7, 11) is 2.68. The van der Waals surface area contributed by atoms with Crippen LogP contribution in [0.2, 0.25) is 0 Å². The van der Waals surface area contributed by atoms with Crippen molar-refractivity contribution in [3.63, 3.8) is 0 Å². The molecule has 0 saturated heterocycles. The molecule has 0 amide bonds. The highest BCUT2D eigenvalue weighted by atomic mass is 128. The first kappa shape index (κ1) is 17.6. The number of allylic oxidation sites excluding steroid dienone is 4. The van der Waals surface area contributed by atoms with Crippen LogP contribution < -0.4 is 0 Å². The Kier molecular flexibility index (Phi) is 8.49. The van der Waals surface area contributed by atoms with Crippen molar-refractivity contribution in [1.82, 2.24) is 0 Å². The van der Waals surface area contributed by atoms with E-state index in [0.29, 0.717) is 11.1 Å². The molecule has 0 aliphatic heterocycles. The molecule has 0 fully saturated rings. The van der Waals surface area contributed by atoms with E-state index in [2.05, 4.69) is 37.2 Å². The lowest BCUT2D eigenvalue weighted by atomic mass is 9.93. The fourth-order valence-corrected chi connectivity index (χ4v) is 1.53. The average molecular weight is 476 g/mol. The van der Waals surface area contributed by atoms with E-state index < -0.39 is 0 Å². The second-order valence-corrected chi connectivity index (χ2v) is 3.26. The molecule has 0 atom stereocenters. The molecule has 0 spiro atoms. The van der Waals surface area contributed by atoms with E-state index in [1.54, 1.807) is 26.0 Å². The third-order valence-electron chi connectivity index (χ3n) is 2.35. The van der Waals surface area contributed by atoms with Crippen molar-refractivity contribution < 1.29 is 19.1 Å². The molecule has 0 aromatic carbocycles. The number of Topliss-reactive ketones (excluding diaryl/α,β-unsaturated/α-hetero) is 2. The zero-order chi connectivity index (χ0) is 14.3. The Morgan fingerprint density at radius 2 is 1.44 bits per heavy atom. The maximum absolute atomic E-state index is 11.9. The lowest BCUT2D eigenvalue weighted by molar-refractivity contribution is -0.120. The first-order valence-corrected chi connectivity index (χ1v) is 11.3. The number of ketones is 2. The van der Waals surface area contributed by atoms with Gasteiger partial charge < -0.3 is 9.47 Å². The molecular weight excluding hydrogens is 462 g/mol. The number of ether oxygens (including phenoxy) is 2. The van der Waals surface area contributed by atoms with Crippen LogP contribution in [-0.4, -0.2) is 25.8 Å². The second kappa shape index (κ2) is 8.68. The summed E-state index contributed by atoms with van der Waals surface area (Å²) in [4.78, 5) is 23.8. The molecule has 1 aliphatic carbocycles. The van der Waals surface area contributed by atoms with Gasteiger partial charge in [-0.1, -0.05) is 12.2 Å². The third-order valence-corrected chi connectivity index (χ3v) is 2.35. The van der Waals surface area contributed by atoms with Gasteiger partial charge >= 0.3 is 0 Å². The number of hydrogen-bond donors (Lipinski definition) is 0. The van der Waals surface area contributed by atoms with E-state index in [9.17, 15) is 9.59 Å². The number of hydrogen-bond acceptors (Lipinski definition) is 4. The van der Waals surface area contributed by atoms with Gasteiger partial charge in [-0.15, -0.1) is 0 Å². The number of methoxy groups -OCH3 is 2. The molecule has 18 heavy (non-hydrogen) atoms. The molecule has 100 valence electrons. The molecule has 0 aromatic rings. The Morgan fingerprint density at radius 3 is 1.83 bits per heavy atom. The summed E-state index contributed by atoms with van der Waals surface area (Å²) in [6.07, 6.45) is 3.30. The predicted octanol–water partition coefficient (Wildman–Crippen LogP) is 3.31. The van der Waals surface area contributed by atoms with Crippen LogP contribution >= 0.6 is 37.2 Å². The minimum absolute atomic E-state index is 0.0294. The molecule has 0 heterocycles. The topological polar surface area (TPSA) is 52.6 Å². The fraction of sp³-hybridized carbons (Fsp3) is 0.333. The Hall–Kier alpha value is -0.380. The second-order valence-electron chi connectivity index (χ2n) is 3.26. The van der Waals surface area contributed by atoms with Crippen LogP contribution in [0.25, 0.3) is 0 Å². The summed E-state index contributed by atoms with van der Waals surface area (Å²) in [5, 5.41) is 0. The van der Waals surface area contributed by atoms with Crippen molar-refractivity contribution in [2.45, 2.75) is 13.8 Å². The van der Waals surface area contributed by atoms with Crippen molar-refractivity contribution in [2.24, 2.45) is 0 Å². The summed E-state index contributed by atoms with van der Waals surface area (Å²) in [5.41, 5.74) is 0.728. The van der Waals surface area contributed by atoms with E-state index in [4.69, 9.17) is 9.47 Å². The Labute approximate surface area is 130 Å². The quantitative estimate of drug-likeness (QED) is 0.464. The Morgan fingerprint density at radius 1 is 1.00 bits per heavy atom. The van der Waals surface area contributed by atoms with Gasteiger partial charge in [-0.2, -0.15) is 0 Å². The van der Waals surface area contributed by atoms with Crippen LogP contribution in [0.5, 0.6) is 0 Å². The SMILES string of the molecule is C/C=C/C1=C(C)C(=O)C(OC)=C(OC)C1=O.II. The van der Waals surface area contributed by atoms with Gasteiger partial charge in [-0.05, 0) is 13.8 Å². The highest BCUT2D eigenvalue weighted by molar-refractivity contribution is 15.0. The standard InChI is InChI=1S/C12H14O4.I2/c1-5-6-8-7(2)9(13)11(15-3)12(16-4)10(8)14;1-2/h5-6H,1-4H3;/b6-5+;. The predicted molar refractivity (Wildman–Crippen MR) is 86.6 cm³/mol. The number of rotatable bonds is 3. The maximum atomic E-state index is 11.9. The molecule has 0 unspecified atom stereocenters. The van der Waals surface area contributed by atoms with E-state index in [-0.39, 0.29) is 23.1 Å². The van der Waals surface area contributed by atoms with Gasteiger partial charge in [0.25, 0.3) is 0 Å². The Bertz CT molecular complexity index is 433. The number of halogens is 2. The molecule has 0 N–H and O–H groups in total. The van der Waals surface area contributed by atoms with Gasteiger partial charge in [-0.25, -0.2) is 0 Å². The summed E-state index contributed by atoms with van der Waals surface area (Å²) < 4.78 is 9.82. The normalized spacial score (nSPS) is 15.9. The van der Waals surface area contributed by atoms with Crippen LogP contribution in [0.3, 0.4) is 0 Å². The zero-order valence-electron chi connectivity index (χ0n) is 10.5. The zero-order valence-corrected chi connectivity index (χ0v) is 14.9. The average Bonchev–Trinajstić information content (AvgIpc) is 2.40. The van der Waals surface area contributed by atoms with Crippen molar-refractivity contribution in [3.8, 4) is 0 Å².